The number of rotatable bonds is 4. The zero-order valence-electron chi connectivity index (χ0n) is 7.45. The minimum Gasteiger partial charge on any atom is -0.335 e. The number of unbranched alkanes of at least 4 members (excludes halogenated alkanes) is 1. The summed E-state index contributed by atoms with van der Waals surface area (Å²) in [7, 11) is 0. The van der Waals surface area contributed by atoms with E-state index in [1.807, 2.05) is 12.4 Å². The summed E-state index contributed by atoms with van der Waals surface area (Å²) in [6.07, 6.45) is 11.9. The van der Waals surface area contributed by atoms with Gasteiger partial charge in [0.2, 0.25) is 0 Å². The number of terminal acetylenes is 1. The lowest BCUT2D eigenvalue weighted by Crippen LogP contribution is -2.01. The molecule has 0 saturated carbocycles. The fraction of sp³-hybridized carbons (Fsp3) is 0.500. The van der Waals surface area contributed by atoms with E-state index < -0.39 is 0 Å². The quantitative estimate of drug-likeness (QED) is 0.488. The van der Waals surface area contributed by atoms with Crippen molar-refractivity contribution in [3.05, 3.63) is 18.2 Å². The third-order valence-electron chi connectivity index (χ3n) is 1.84. The maximum Gasteiger partial charge on any atom is 0.108 e. The minimum atomic E-state index is 0.849. The third-order valence-corrected chi connectivity index (χ3v) is 1.84. The molecule has 0 fully saturated rings. The SMILES string of the molecule is C#CCCCn1ccnc1CC. The van der Waals surface area contributed by atoms with Crippen molar-refractivity contribution in [1.29, 1.82) is 0 Å². The second kappa shape index (κ2) is 4.61. The molecule has 0 radical (unpaired) electrons. The molecule has 2 heteroatoms. The van der Waals surface area contributed by atoms with Gasteiger partial charge in [0.25, 0.3) is 0 Å². The van der Waals surface area contributed by atoms with Crippen molar-refractivity contribution in [2.45, 2.75) is 32.7 Å². The lowest BCUT2D eigenvalue weighted by Gasteiger charge is -2.03. The molecule has 2 nitrogen and oxygen atoms in total. The molecular formula is C10H14N2. The standard InChI is InChI=1S/C10H14N2/c1-3-5-6-8-12-9-7-11-10(12)4-2/h1,7,9H,4-6,8H2,2H3. The average molecular weight is 162 g/mol. The summed E-state index contributed by atoms with van der Waals surface area (Å²) in [5, 5.41) is 0. The van der Waals surface area contributed by atoms with E-state index in [2.05, 4.69) is 22.4 Å². The molecule has 1 aromatic heterocycles. The maximum absolute atomic E-state index is 5.16. The molecule has 1 aromatic rings. The summed E-state index contributed by atoms with van der Waals surface area (Å²) < 4.78 is 2.16. The van der Waals surface area contributed by atoms with Gasteiger partial charge in [0.05, 0.1) is 0 Å². The molecule has 0 aliphatic carbocycles. The van der Waals surface area contributed by atoms with Crippen LogP contribution < -0.4 is 0 Å². The maximum atomic E-state index is 5.16. The molecule has 12 heavy (non-hydrogen) atoms. The van der Waals surface area contributed by atoms with Crippen LogP contribution in [0.1, 0.15) is 25.6 Å². The molecule has 64 valence electrons. The lowest BCUT2D eigenvalue weighted by atomic mass is 10.3. The van der Waals surface area contributed by atoms with E-state index >= 15 is 0 Å². The minimum absolute atomic E-state index is 0.849. The topological polar surface area (TPSA) is 17.8 Å². The summed E-state index contributed by atoms with van der Waals surface area (Å²) in [6, 6.07) is 0. The first-order chi connectivity index (χ1) is 5.88. The van der Waals surface area contributed by atoms with Gasteiger partial charge in [-0.1, -0.05) is 6.92 Å². The van der Waals surface area contributed by atoms with Crippen molar-refractivity contribution < 1.29 is 0 Å². The molecule has 1 rings (SSSR count). The molecule has 1 heterocycles. The molecule has 0 amide bonds. The van der Waals surface area contributed by atoms with E-state index in [0.717, 1.165) is 31.6 Å². The highest BCUT2D eigenvalue weighted by Gasteiger charge is 1.97. The van der Waals surface area contributed by atoms with E-state index in [1.165, 1.54) is 0 Å². The van der Waals surface area contributed by atoms with Gasteiger partial charge in [-0.15, -0.1) is 12.3 Å². The van der Waals surface area contributed by atoms with Crippen molar-refractivity contribution in [2.75, 3.05) is 0 Å². The second-order valence-electron chi connectivity index (χ2n) is 2.70. The molecule has 0 aromatic carbocycles. The van der Waals surface area contributed by atoms with Crippen LogP contribution in [-0.4, -0.2) is 9.55 Å². The number of aryl methyl sites for hydroxylation is 2. The van der Waals surface area contributed by atoms with Gasteiger partial charge in [-0.2, -0.15) is 0 Å². The predicted molar refractivity (Wildman–Crippen MR) is 49.7 cm³/mol. The Bertz CT molecular complexity index is 268. The van der Waals surface area contributed by atoms with E-state index in [1.54, 1.807) is 0 Å². The Kier molecular flexibility index (Phi) is 3.40. The molecular weight excluding hydrogens is 148 g/mol. The number of aromatic nitrogens is 2. The van der Waals surface area contributed by atoms with Gasteiger partial charge in [-0.05, 0) is 6.42 Å². The van der Waals surface area contributed by atoms with Crippen molar-refractivity contribution in [1.82, 2.24) is 9.55 Å². The Labute approximate surface area is 73.6 Å². The van der Waals surface area contributed by atoms with Crippen molar-refractivity contribution >= 4 is 0 Å². The average Bonchev–Trinajstić information content (AvgIpc) is 2.52. The first-order valence-electron chi connectivity index (χ1n) is 4.32. The number of hydrogen-bond acceptors (Lipinski definition) is 1. The second-order valence-corrected chi connectivity index (χ2v) is 2.70. The molecule has 0 aliphatic rings. The zero-order valence-corrected chi connectivity index (χ0v) is 7.45. The van der Waals surface area contributed by atoms with E-state index in [-0.39, 0.29) is 0 Å². The Morgan fingerprint density at radius 2 is 2.50 bits per heavy atom. The van der Waals surface area contributed by atoms with Crippen LogP contribution in [-0.2, 0) is 13.0 Å². The van der Waals surface area contributed by atoms with Gasteiger partial charge in [0.15, 0.2) is 0 Å². The van der Waals surface area contributed by atoms with E-state index in [0.29, 0.717) is 0 Å². The number of hydrogen-bond donors (Lipinski definition) is 0. The summed E-state index contributed by atoms with van der Waals surface area (Å²) in [5.41, 5.74) is 0. The van der Waals surface area contributed by atoms with Crippen LogP contribution in [0, 0.1) is 12.3 Å². The molecule has 0 unspecified atom stereocenters. The Morgan fingerprint density at radius 3 is 3.17 bits per heavy atom. The Morgan fingerprint density at radius 1 is 1.67 bits per heavy atom. The molecule has 0 aliphatic heterocycles. The van der Waals surface area contributed by atoms with Crippen LogP contribution in [0.2, 0.25) is 0 Å². The van der Waals surface area contributed by atoms with Crippen molar-refractivity contribution in [3.8, 4) is 12.3 Å². The zero-order chi connectivity index (χ0) is 8.81. The van der Waals surface area contributed by atoms with Gasteiger partial charge in [0, 0.05) is 31.8 Å². The molecule has 0 N–H and O–H groups in total. The van der Waals surface area contributed by atoms with Crippen LogP contribution in [0.5, 0.6) is 0 Å². The molecule has 0 atom stereocenters. The van der Waals surface area contributed by atoms with Crippen LogP contribution in [0.25, 0.3) is 0 Å². The highest BCUT2D eigenvalue weighted by Crippen LogP contribution is 2.01. The highest BCUT2D eigenvalue weighted by atomic mass is 15.1. The van der Waals surface area contributed by atoms with Crippen LogP contribution in [0.3, 0.4) is 0 Å². The van der Waals surface area contributed by atoms with Gasteiger partial charge in [-0.25, -0.2) is 4.98 Å². The normalized spacial score (nSPS) is 9.67. The largest absolute Gasteiger partial charge is 0.335 e. The van der Waals surface area contributed by atoms with Gasteiger partial charge in [-0.3, -0.25) is 0 Å². The number of imidazole rings is 1. The van der Waals surface area contributed by atoms with E-state index in [4.69, 9.17) is 6.42 Å². The lowest BCUT2D eigenvalue weighted by molar-refractivity contribution is 0.624. The van der Waals surface area contributed by atoms with E-state index in [9.17, 15) is 0 Å². The first kappa shape index (κ1) is 8.86. The van der Waals surface area contributed by atoms with Gasteiger partial charge < -0.3 is 4.57 Å². The van der Waals surface area contributed by atoms with Crippen LogP contribution in [0.4, 0.5) is 0 Å². The fourth-order valence-corrected chi connectivity index (χ4v) is 1.21. The van der Waals surface area contributed by atoms with Crippen LogP contribution in [0.15, 0.2) is 12.4 Å². The first-order valence-corrected chi connectivity index (χ1v) is 4.32. The smallest absolute Gasteiger partial charge is 0.108 e. The van der Waals surface area contributed by atoms with Gasteiger partial charge in [0.1, 0.15) is 5.82 Å². The fourth-order valence-electron chi connectivity index (χ4n) is 1.21. The molecule has 0 spiro atoms. The number of nitrogens with zero attached hydrogens (tertiary/aromatic N) is 2. The Balaban J connectivity index is 2.46. The van der Waals surface area contributed by atoms with Gasteiger partial charge >= 0.3 is 0 Å². The predicted octanol–water partition coefficient (Wildman–Crippen LogP) is 1.86. The summed E-state index contributed by atoms with van der Waals surface area (Å²) in [5.74, 6) is 3.78. The molecule has 0 saturated heterocycles. The third kappa shape index (κ3) is 2.13. The van der Waals surface area contributed by atoms with Crippen LogP contribution >= 0.6 is 0 Å². The summed E-state index contributed by atoms with van der Waals surface area (Å²) >= 11 is 0. The summed E-state index contributed by atoms with van der Waals surface area (Å²) in [4.78, 5) is 4.22. The van der Waals surface area contributed by atoms with Crippen molar-refractivity contribution in [2.24, 2.45) is 0 Å². The Hall–Kier alpha value is -1.23. The molecule has 0 bridgehead atoms. The monoisotopic (exact) mass is 162 g/mol. The summed E-state index contributed by atoms with van der Waals surface area (Å²) in [6.45, 7) is 3.10. The van der Waals surface area contributed by atoms with Crippen molar-refractivity contribution in [3.63, 3.8) is 0 Å². The highest BCUT2D eigenvalue weighted by molar-refractivity contribution is 4.92.